The highest BCUT2D eigenvalue weighted by Crippen LogP contribution is 2.25. The molecule has 3 aromatic rings. The number of benzene rings is 2. The number of amides is 1. The first kappa shape index (κ1) is 21.0. The zero-order valence-electron chi connectivity index (χ0n) is 17.1. The summed E-state index contributed by atoms with van der Waals surface area (Å²) in [4.78, 5) is 12.6. The lowest BCUT2D eigenvalue weighted by Crippen LogP contribution is -2.28. The monoisotopic (exact) mass is 441 g/mol. The third-order valence-electron chi connectivity index (χ3n) is 4.99. The van der Waals surface area contributed by atoms with E-state index < -0.39 is 15.9 Å². The van der Waals surface area contributed by atoms with Crippen molar-refractivity contribution in [1.82, 2.24) is 19.1 Å². The maximum Gasteiger partial charge on any atom is 0.262 e. The van der Waals surface area contributed by atoms with Crippen molar-refractivity contribution in [2.75, 3.05) is 25.0 Å². The molecule has 31 heavy (non-hydrogen) atoms. The molecule has 0 atom stereocenters. The van der Waals surface area contributed by atoms with Crippen molar-refractivity contribution in [3.05, 3.63) is 60.7 Å². The number of ether oxygens (including phenoxy) is 1. The summed E-state index contributed by atoms with van der Waals surface area (Å²) in [6.07, 6.45) is 4.83. The Labute approximate surface area is 180 Å². The van der Waals surface area contributed by atoms with Gasteiger partial charge >= 0.3 is 0 Å². The molecule has 1 amide bonds. The third kappa shape index (κ3) is 4.75. The van der Waals surface area contributed by atoms with E-state index >= 15 is 0 Å². The molecule has 1 aliphatic heterocycles. The smallest absolute Gasteiger partial charge is 0.262 e. The lowest BCUT2D eigenvalue weighted by molar-refractivity contribution is -0.118. The van der Waals surface area contributed by atoms with Crippen molar-refractivity contribution in [2.45, 2.75) is 24.7 Å². The Hall–Kier alpha value is -3.24. The van der Waals surface area contributed by atoms with E-state index in [-0.39, 0.29) is 11.5 Å². The van der Waals surface area contributed by atoms with Gasteiger partial charge in [-0.1, -0.05) is 12.1 Å². The van der Waals surface area contributed by atoms with Crippen LogP contribution in [-0.2, 0) is 14.8 Å². The first-order valence-corrected chi connectivity index (χ1v) is 11.4. The second-order valence-corrected chi connectivity index (χ2v) is 9.25. The van der Waals surface area contributed by atoms with Crippen molar-refractivity contribution in [3.63, 3.8) is 0 Å². The van der Waals surface area contributed by atoms with Crippen LogP contribution >= 0.6 is 0 Å². The molecule has 162 valence electrons. The molecule has 0 unspecified atom stereocenters. The standard InChI is InChI=1S/C21H23N5O4S/c1-16-7-8-20(19(11-16)25-14-22-23-15-25)30-13-21(27)24-17-5-4-6-18(12-17)31(28,29)26-9-2-3-10-26/h4-8,11-12,14-15H,2-3,9-10,13H2,1H3,(H,24,27). The lowest BCUT2D eigenvalue weighted by atomic mass is 10.2. The average Bonchev–Trinajstić information content (AvgIpc) is 3.47. The van der Waals surface area contributed by atoms with E-state index in [0.29, 0.717) is 24.5 Å². The van der Waals surface area contributed by atoms with Crippen molar-refractivity contribution in [3.8, 4) is 11.4 Å². The quantitative estimate of drug-likeness (QED) is 0.603. The molecule has 0 saturated carbocycles. The number of carbonyl (C=O) groups is 1. The predicted molar refractivity (Wildman–Crippen MR) is 115 cm³/mol. The Morgan fingerprint density at radius 1 is 1.10 bits per heavy atom. The highest BCUT2D eigenvalue weighted by Gasteiger charge is 2.27. The summed E-state index contributed by atoms with van der Waals surface area (Å²) in [6, 6.07) is 11.8. The number of hydrogen-bond donors (Lipinski definition) is 1. The summed E-state index contributed by atoms with van der Waals surface area (Å²) in [6.45, 7) is 2.77. The minimum absolute atomic E-state index is 0.168. The molecule has 0 radical (unpaired) electrons. The fraction of sp³-hybridized carbons (Fsp3) is 0.286. The first-order valence-electron chi connectivity index (χ1n) is 9.92. The van der Waals surface area contributed by atoms with Crippen LogP contribution in [0.25, 0.3) is 5.69 Å². The van der Waals surface area contributed by atoms with Gasteiger partial charge in [0.25, 0.3) is 5.91 Å². The van der Waals surface area contributed by atoms with Crippen molar-refractivity contribution in [1.29, 1.82) is 0 Å². The first-order chi connectivity index (χ1) is 14.9. The molecule has 1 fully saturated rings. The Bertz CT molecular complexity index is 1170. The van der Waals surface area contributed by atoms with Gasteiger partial charge < -0.3 is 10.1 Å². The molecule has 4 rings (SSSR count). The summed E-state index contributed by atoms with van der Waals surface area (Å²) < 4.78 is 34.4. The fourth-order valence-electron chi connectivity index (χ4n) is 3.43. The molecule has 10 heteroatoms. The number of anilines is 1. The van der Waals surface area contributed by atoms with Gasteiger partial charge in [0.15, 0.2) is 6.61 Å². The van der Waals surface area contributed by atoms with Gasteiger partial charge in [-0.2, -0.15) is 4.31 Å². The SMILES string of the molecule is Cc1ccc(OCC(=O)Nc2cccc(S(=O)(=O)N3CCCC3)c2)c(-n2cnnc2)c1. The van der Waals surface area contributed by atoms with E-state index in [1.54, 1.807) is 35.4 Å². The van der Waals surface area contributed by atoms with Crippen LogP contribution in [0, 0.1) is 6.92 Å². The molecule has 1 N–H and O–H groups in total. The van der Waals surface area contributed by atoms with E-state index in [1.165, 1.54) is 16.4 Å². The topological polar surface area (TPSA) is 106 Å². The number of nitrogens with zero attached hydrogens (tertiary/aromatic N) is 4. The Morgan fingerprint density at radius 2 is 1.84 bits per heavy atom. The number of nitrogens with one attached hydrogen (secondary N) is 1. The molecule has 0 aliphatic carbocycles. The predicted octanol–water partition coefficient (Wildman–Crippen LogP) is 2.38. The van der Waals surface area contributed by atoms with E-state index in [0.717, 1.165) is 24.1 Å². The van der Waals surface area contributed by atoms with Crippen LogP contribution in [0.5, 0.6) is 5.75 Å². The van der Waals surface area contributed by atoms with Gasteiger partial charge in [0.1, 0.15) is 18.4 Å². The Balaban J connectivity index is 1.44. The van der Waals surface area contributed by atoms with E-state index in [1.807, 2.05) is 19.1 Å². The maximum absolute atomic E-state index is 12.7. The molecule has 1 aromatic heterocycles. The molecule has 1 aliphatic rings. The minimum atomic E-state index is -3.55. The molecular formula is C21H23N5O4S. The molecular weight excluding hydrogens is 418 g/mol. The summed E-state index contributed by atoms with van der Waals surface area (Å²) in [5.74, 6) is 0.108. The van der Waals surface area contributed by atoms with E-state index in [9.17, 15) is 13.2 Å². The van der Waals surface area contributed by atoms with Crippen LogP contribution in [0.4, 0.5) is 5.69 Å². The lowest BCUT2D eigenvalue weighted by Gasteiger charge is -2.16. The maximum atomic E-state index is 12.7. The van der Waals surface area contributed by atoms with Gasteiger partial charge in [0.05, 0.1) is 10.6 Å². The van der Waals surface area contributed by atoms with Gasteiger partial charge in [-0.15, -0.1) is 10.2 Å². The van der Waals surface area contributed by atoms with Crippen LogP contribution in [0.2, 0.25) is 0 Å². The van der Waals surface area contributed by atoms with Gasteiger partial charge in [-0.25, -0.2) is 8.42 Å². The number of carbonyl (C=O) groups excluding carboxylic acids is 1. The van der Waals surface area contributed by atoms with E-state index in [2.05, 4.69) is 15.5 Å². The zero-order valence-corrected chi connectivity index (χ0v) is 17.9. The molecule has 1 saturated heterocycles. The average molecular weight is 442 g/mol. The summed E-state index contributed by atoms with van der Waals surface area (Å²) in [5.41, 5.74) is 2.14. The zero-order chi connectivity index (χ0) is 21.8. The molecule has 0 bridgehead atoms. The van der Waals surface area contributed by atoms with Gasteiger partial charge in [-0.3, -0.25) is 9.36 Å². The highest BCUT2D eigenvalue weighted by atomic mass is 32.2. The molecule has 0 spiro atoms. The highest BCUT2D eigenvalue weighted by molar-refractivity contribution is 7.89. The minimum Gasteiger partial charge on any atom is -0.482 e. The number of aryl methyl sites for hydroxylation is 1. The summed E-state index contributed by atoms with van der Waals surface area (Å²) >= 11 is 0. The summed E-state index contributed by atoms with van der Waals surface area (Å²) in [7, 11) is -3.55. The van der Waals surface area contributed by atoms with Gasteiger partial charge in [0, 0.05) is 18.8 Å². The third-order valence-corrected chi connectivity index (χ3v) is 6.89. The van der Waals surface area contributed by atoms with Crippen LogP contribution < -0.4 is 10.1 Å². The molecule has 2 heterocycles. The Morgan fingerprint density at radius 3 is 2.58 bits per heavy atom. The van der Waals surface area contributed by atoms with Crippen LogP contribution in [-0.4, -0.2) is 53.1 Å². The van der Waals surface area contributed by atoms with Crippen LogP contribution in [0.15, 0.2) is 60.0 Å². The van der Waals surface area contributed by atoms with Crippen LogP contribution in [0.3, 0.4) is 0 Å². The van der Waals surface area contributed by atoms with Crippen molar-refractivity contribution >= 4 is 21.6 Å². The Kier molecular flexibility index (Phi) is 6.01. The second-order valence-electron chi connectivity index (χ2n) is 7.32. The number of hydrogen-bond acceptors (Lipinski definition) is 6. The van der Waals surface area contributed by atoms with Gasteiger partial charge in [0.2, 0.25) is 10.0 Å². The van der Waals surface area contributed by atoms with Crippen molar-refractivity contribution in [2.24, 2.45) is 0 Å². The molecule has 2 aromatic carbocycles. The largest absolute Gasteiger partial charge is 0.482 e. The van der Waals surface area contributed by atoms with Crippen molar-refractivity contribution < 1.29 is 17.9 Å². The van der Waals surface area contributed by atoms with Gasteiger partial charge in [-0.05, 0) is 55.7 Å². The summed E-state index contributed by atoms with van der Waals surface area (Å²) in [5, 5.41) is 10.3. The van der Waals surface area contributed by atoms with E-state index in [4.69, 9.17) is 4.74 Å². The fourth-order valence-corrected chi connectivity index (χ4v) is 4.99. The number of sulfonamides is 1. The number of rotatable bonds is 7. The molecule has 9 nitrogen and oxygen atoms in total. The second kappa shape index (κ2) is 8.86. The normalized spacial score (nSPS) is 14.5. The van der Waals surface area contributed by atoms with Crippen LogP contribution in [0.1, 0.15) is 18.4 Å². The number of aromatic nitrogens is 3.